The summed E-state index contributed by atoms with van der Waals surface area (Å²) in [6, 6.07) is 7.92. The smallest absolute Gasteiger partial charge is 0.150 e. The summed E-state index contributed by atoms with van der Waals surface area (Å²) in [5.41, 5.74) is 3.78. The number of hydrogen-bond donors (Lipinski definition) is 1. The van der Waals surface area contributed by atoms with Gasteiger partial charge in [-0.3, -0.25) is 4.79 Å². The fourth-order valence-corrected chi connectivity index (χ4v) is 3.09. The number of rotatable bonds is 3. The van der Waals surface area contributed by atoms with Gasteiger partial charge in [0.2, 0.25) is 0 Å². The van der Waals surface area contributed by atoms with Crippen molar-refractivity contribution in [2.45, 2.75) is 19.8 Å². The zero-order chi connectivity index (χ0) is 15.9. The molecule has 1 fully saturated rings. The molecule has 3 rings (SSSR count). The maximum absolute atomic E-state index is 13.8. The van der Waals surface area contributed by atoms with Crippen molar-refractivity contribution < 1.29 is 13.6 Å². The topological polar surface area (TPSA) is 55.3 Å². The lowest BCUT2D eigenvalue weighted by Gasteiger charge is -2.41. The normalized spacial score (nSPS) is 14.2. The Hall–Kier alpha value is -2.27. The van der Waals surface area contributed by atoms with E-state index < -0.39 is 11.6 Å². The second-order valence-corrected chi connectivity index (χ2v) is 5.86. The SMILES string of the molecule is Cc1cc(C2CN(c3c(F)cccc3F)C2)cc(C)c1C=O.N. The molecule has 122 valence electrons. The molecule has 0 spiro atoms. The van der Waals surface area contributed by atoms with Crippen LogP contribution in [0.2, 0.25) is 0 Å². The van der Waals surface area contributed by atoms with Crippen molar-refractivity contribution in [1.82, 2.24) is 6.15 Å². The van der Waals surface area contributed by atoms with Gasteiger partial charge < -0.3 is 11.1 Å². The number of aryl methyl sites for hydroxylation is 2. The highest BCUT2D eigenvalue weighted by molar-refractivity contribution is 5.79. The first-order chi connectivity index (χ1) is 10.5. The Balaban J connectivity index is 0.00000192. The number of hydrogen-bond acceptors (Lipinski definition) is 3. The molecule has 23 heavy (non-hydrogen) atoms. The van der Waals surface area contributed by atoms with Crippen LogP contribution in [0.1, 0.15) is 33.0 Å². The molecule has 2 aromatic carbocycles. The lowest BCUT2D eigenvalue weighted by atomic mass is 9.87. The van der Waals surface area contributed by atoms with E-state index in [2.05, 4.69) is 0 Å². The van der Waals surface area contributed by atoms with Crippen LogP contribution < -0.4 is 11.1 Å². The number of halogens is 2. The number of carbonyl (C=O) groups excluding carboxylic acids is 1. The van der Waals surface area contributed by atoms with E-state index in [1.807, 2.05) is 26.0 Å². The van der Waals surface area contributed by atoms with Crippen molar-refractivity contribution in [2.75, 3.05) is 18.0 Å². The minimum atomic E-state index is -0.526. The van der Waals surface area contributed by atoms with Crippen molar-refractivity contribution in [3.05, 3.63) is 64.2 Å². The summed E-state index contributed by atoms with van der Waals surface area (Å²) in [7, 11) is 0. The number of nitrogens with zero attached hydrogens (tertiary/aromatic N) is 1. The average Bonchev–Trinajstić information content (AvgIpc) is 2.40. The van der Waals surface area contributed by atoms with Crippen LogP contribution in [-0.2, 0) is 0 Å². The fraction of sp³-hybridized carbons (Fsp3) is 0.278. The second-order valence-electron chi connectivity index (χ2n) is 5.86. The molecule has 0 amide bonds. The van der Waals surface area contributed by atoms with Gasteiger partial charge in [0.15, 0.2) is 6.29 Å². The van der Waals surface area contributed by atoms with Gasteiger partial charge in [0.1, 0.15) is 17.3 Å². The van der Waals surface area contributed by atoms with Crippen molar-refractivity contribution in [3.63, 3.8) is 0 Å². The molecule has 0 aromatic heterocycles. The Bertz CT molecular complexity index is 697. The Morgan fingerprint density at radius 1 is 1.09 bits per heavy atom. The predicted octanol–water partition coefficient (Wildman–Crippen LogP) is 4.16. The van der Waals surface area contributed by atoms with E-state index in [0.29, 0.717) is 13.1 Å². The number of carbonyl (C=O) groups is 1. The van der Waals surface area contributed by atoms with Gasteiger partial charge in [-0.1, -0.05) is 18.2 Å². The highest BCUT2D eigenvalue weighted by atomic mass is 19.1. The third-order valence-corrected chi connectivity index (χ3v) is 4.34. The van der Waals surface area contributed by atoms with Gasteiger partial charge in [0.25, 0.3) is 0 Å². The van der Waals surface area contributed by atoms with Gasteiger partial charge in [-0.05, 0) is 42.7 Å². The molecule has 3 N–H and O–H groups in total. The van der Waals surface area contributed by atoms with Gasteiger partial charge in [0, 0.05) is 24.6 Å². The molecule has 0 saturated carbocycles. The largest absolute Gasteiger partial charge is 0.365 e. The summed E-state index contributed by atoms with van der Waals surface area (Å²) in [4.78, 5) is 12.7. The van der Waals surface area contributed by atoms with E-state index >= 15 is 0 Å². The van der Waals surface area contributed by atoms with Crippen molar-refractivity contribution in [1.29, 1.82) is 0 Å². The van der Waals surface area contributed by atoms with Crippen LogP contribution in [0.3, 0.4) is 0 Å². The zero-order valence-electron chi connectivity index (χ0n) is 13.3. The van der Waals surface area contributed by atoms with E-state index in [1.165, 1.54) is 18.2 Å². The lowest BCUT2D eigenvalue weighted by Crippen LogP contribution is -2.46. The minimum Gasteiger partial charge on any atom is -0.365 e. The summed E-state index contributed by atoms with van der Waals surface area (Å²) >= 11 is 0. The third-order valence-electron chi connectivity index (χ3n) is 4.34. The molecule has 5 heteroatoms. The lowest BCUT2D eigenvalue weighted by molar-refractivity contribution is 0.112. The molecule has 0 bridgehead atoms. The summed E-state index contributed by atoms with van der Waals surface area (Å²) < 4.78 is 27.5. The first-order valence-corrected chi connectivity index (χ1v) is 7.26. The second kappa shape index (κ2) is 6.46. The third kappa shape index (κ3) is 2.97. The van der Waals surface area contributed by atoms with Crippen molar-refractivity contribution >= 4 is 12.0 Å². The maximum Gasteiger partial charge on any atom is 0.150 e. The van der Waals surface area contributed by atoms with E-state index in [1.54, 1.807) is 4.90 Å². The molecular formula is C18H20F2N2O. The van der Waals surface area contributed by atoms with Crippen LogP contribution in [0.4, 0.5) is 14.5 Å². The van der Waals surface area contributed by atoms with Crippen molar-refractivity contribution in [3.8, 4) is 0 Å². The number of benzene rings is 2. The van der Waals surface area contributed by atoms with Crippen LogP contribution in [0.25, 0.3) is 0 Å². The van der Waals surface area contributed by atoms with Crippen LogP contribution in [-0.4, -0.2) is 19.4 Å². The van der Waals surface area contributed by atoms with Gasteiger partial charge in [-0.2, -0.15) is 0 Å². The first kappa shape index (κ1) is 17.1. The van der Waals surface area contributed by atoms with Crippen LogP contribution in [0.15, 0.2) is 30.3 Å². The molecule has 0 radical (unpaired) electrons. The van der Waals surface area contributed by atoms with Crippen LogP contribution >= 0.6 is 0 Å². The Morgan fingerprint density at radius 3 is 2.09 bits per heavy atom. The highest BCUT2D eigenvalue weighted by Crippen LogP contribution is 2.35. The average molecular weight is 318 g/mol. The standard InChI is InChI=1S/C18H17F2NO.H3N/c1-11-6-13(7-12(2)15(11)10-22)14-8-21(9-14)18-16(19)4-3-5-17(18)20;/h3-7,10,14H,8-9H2,1-2H3;1H3. The van der Waals surface area contributed by atoms with E-state index in [0.717, 1.165) is 28.5 Å². The number of para-hydroxylation sites is 1. The maximum atomic E-state index is 13.8. The van der Waals surface area contributed by atoms with Gasteiger partial charge in [-0.15, -0.1) is 0 Å². The quantitative estimate of drug-likeness (QED) is 0.865. The molecule has 1 saturated heterocycles. The molecule has 3 nitrogen and oxygen atoms in total. The highest BCUT2D eigenvalue weighted by Gasteiger charge is 2.32. The minimum absolute atomic E-state index is 0. The summed E-state index contributed by atoms with van der Waals surface area (Å²) in [6.07, 6.45) is 0.871. The number of aldehydes is 1. The van der Waals surface area contributed by atoms with Gasteiger partial charge in [-0.25, -0.2) is 8.78 Å². The van der Waals surface area contributed by atoms with Gasteiger partial charge >= 0.3 is 0 Å². The Labute approximate surface area is 134 Å². The molecule has 0 atom stereocenters. The summed E-state index contributed by atoms with van der Waals surface area (Å²) in [5, 5.41) is 0. The Morgan fingerprint density at radius 2 is 1.61 bits per heavy atom. The monoisotopic (exact) mass is 318 g/mol. The fourth-order valence-electron chi connectivity index (χ4n) is 3.09. The predicted molar refractivity (Wildman–Crippen MR) is 87.6 cm³/mol. The van der Waals surface area contributed by atoms with E-state index in [4.69, 9.17) is 0 Å². The molecule has 2 aromatic rings. The molecule has 1 aliphatic rings. The number of anilines is 1. The molecule has 0 unspecified atom stereocenters. The van der Waals surface area contributed by atoms with E-state index in [9.17, 15) is 13.6 Å². The molecular weight excluding hydrogens is 298 g/mol. The zero-order valence-corrected chi connectivity index (χ0v) is 13.3. The molecule has 1 heterocycles. The van der Waals surface area contributed by atoms with Crippen molar-refractivity contribution in [2.24, 2.45) is 0 Å². The van der Waals surface area contributed by atoms with E-state index in [-0.39, 0.29) is 17.8 Å². The van der Waals surface area contributed by atoms with Crippen LogP contribution in [0, 0.1) is 25.5 Å². The summed E-state index contributed by atoms with van der Waals surface area (Å²) in [5.74, 6) is -0.818. The molecule has 0 aliphatic carbocycles. The molecule has 1 aliphatic heterocycles. The van der Waals surface area contributed by atoms with Gasteiger partial charge in [0.05, 0.1) is 0 Å². The van der Waals surface area contributed by atoms with Crippen LogP contribution in [0.5, 0.6) is 0 Å². The Kier molecular flexibility index (Phi) is 4.80. The summed E-state index contributed by atoms with van der Waals surface area (Å²) in [6.45, 7) is 4.98. The first-order valence-electron chi connectivity index (χ1n) is 7.26.